The van der Waals surface area contributed by atoms with Crippen molar-refractivity contribution in [1.82, 2.24) is 0 Å². The Bertz CT molecular complexity index is 379. The van der Waals surface area contributed by atoms with Crippen LogP contribution in [0.25, 0.3) is 0 Å². The summed E-state index contributed by atoms with van der Waals surface area (Å²) in [7, 11) is 1.71. The molecule has 0 aliphatic heterocycles. The summed E-state index contributed by atoms with van der Waals surface area (Å²) >= 11 is 0. The Morgan fingerprint density at radius 2 is 1.58 bits per heavy atom. The van der Waals surface area contributed by atoms with Crippen LogP contribution in [0.4, 0.5) is 0 Å². The topological polar surface area (TPSA) is 44.5 Å². The number of ether oxygens (including phenoxy) is 2. The number of rotatable bonds is 5. The van der Waals surface area contributed by atoms with E-state index < -0.39 is 0 Å². The Morgan fingerprint density at radius 1 is 1.05 bits per heavy atom. The van der Waals surface area contributed by atoms with Gasteiger partial charge >= 0.3 is 0 Å². The van der Waals surface area contributed by atoms with Gasteiger partial charge in [0.15, 0.2) is 0 Å². The van der Waals surface area contributed by atoms with Crippen LogP contribution in [0.15, 0.2) is 24.3 Å². The standard InChI is InChI=1S/C16H27NO2/c1-11(2)19-13-9-7-12(8-10-13)14(17)15(18-6)16(3,4)5/h7-11,14-15H,17H2,1-6H3. The zero-order chi connectivity index (χ0) is 14.6. The van der Waals surface area contributed by atoms with Crippen molar-refractivity contribution in [2.24, 2.45) is 11.1 Å². The minimum atomic E-state index is -0.141. The first kappa shape index (κ1) is 16.0. The van der Waals surface area contributed by atoms with Crippen LogP contribution in [-0.2, 0) is 4.74 Å². The Hall–Kier alpha value is -1.06. The molecule has 1 aromatic carbocycles. The molecule has 2 N–H and O–H groups in total. The molecule has 3 nitrogen and oxygen atoms in total. The fourth-order valence-electron chi connectivity index (χ4n) is 2.25. The quantitative estimate of drug-likeness (QED) is 0.885. The van der Waals surface area contributed by atoms with Crippen LogP contribution in [0.5, 0.6) is 5.75 Å². The lowest BCUT2D eigenvalue weighted by Gasteiger charge is -2.34. The molecule has 1 rings (SSSR count). The Morgan fingerprint density at radius 3 is 1.95 bits per heavy atom. The number of methoxy groups -OCH3 is 1. The first-order valence-corrected chi connectivity index (χ1v) is 6.80. The van der Waals surface area contributed by atoms with Crippen LogP contribution < -0.4 is 10.5 Å². The van der Waals surface area contributed by atoms with Crippen LogP contribution >= 0.6 is 0 Å². The highest BCUT2D eigenvalue weighted by Crippen LogP contribution is 2.31. The summed E-state index contributed by atoms with van der Waals surface area (Å²) in [6, 6.07) is 7.81. The summed E-state index contributed by atoms with van der Waals surface area (Å²) in [5.74, 6) is 0.871. The summed E-state index contributed by atoms with van der Waals surface area (Å²) in [5, 5.41) is 0. The van der Waals surface area contributed by atoms with Crippen LogP contribution in [0.3, 0.4) is 0 Å². The molecule has 19 heavy (non-hydrogen) atoms. The second-order valence-electron chi connectivity index (χ2n) is 6.28. The molecule has 2 unspecified atom stereocenters. The van der Waals surface area contributed by atoms with E-state index in [0.717, 1.165) is 11.3 Å². The molecule has 0 amide bonds. The normalized spacial score (nSPS) is 15.4. The van der Waals surface area contributed by atoms with Crippen molar-refractivity contribution >= 4 is 0 Å². The predicted octanol–water partition coefficient (Wildman–Crippen LogP) is 3.53. The third kappa shape index (κ3) is 4.51. The lowest BCUT2D eigenvalue weighted by Crippen LogP contribution is -2.38. The molecule has 0 saturated carbocycles. The fraction of sp³-hybridized carbons (Fsp3) is 0.625. The third-order valence-electron chi connectivity index (χ3n) is 3.07. The summed E-state index contributed by atoms with van der Waals surface area (Å²) in [4.78, 5) is 0. The molecule has 0 spiro atoms. The molecule has 0 fully saturated rings. The monoisotopic (exact) mass is 265 g/mol. The molecule has 1 aromatic rings. The molecule has 2 atom stereocenters. The maximum Gasteiger partial charge on any atom is 0.119 e. The van der Waals surface area contributed by atoms with Crippen molar-refractivity contribution in [3.63, 3.8) is 0 Å². The summed E-state index contributed by atoms with van der Waals surface area (Å²) in [6.07, 6.45) is 0.158. The highest BCUT2D eigenvalue weighted by Gasteiger charge is 2.31. The number of benzene rings is 1. The van der Waals surface area contributed by atoms with Crippen LogP contribution in [0.2, 0.25) is 0 Å². The zero-order valence-corrected chi connectivity index (χ0v) is 12.9. The van der Waals surface area contributed by atoms with E-state index in [9.17, 15) is 0 Å². The molecule has 0 aliphatic rings. The van der Waals surface area contributed by atoms with Crippen molar-refractivity contribution in [1.29, 1.82) is 0 Å². The van der Waals surface area contributed by atoms with Gasteiger partial charge in [-0.3, -0.25) is 0 Å². The van der Waals surface area contributed by atoms with E-state index in [0.29, 0.717) is 0 Å². The van der Waals surface area contributed by atoms with Crippen LogP contribution in [-0.4, -0.2) is 19.3 Å². The number of nitrogens with two attached hydrogens (primary N) is 1. The predicted molar refractivity (Wildman–Crippen MR) is 79.4 cm³/mol. The minimum absolute atomic E-state index is 0.00126. The highest BCUT2D eigenvalue weighted by atomic mass is 16.5. The molecule has 0 radical (unpaired) electrons. The summed E-state index contributed by atoms with van der Waals surface area (Å²) < 4.78 is 11.2. The fourth-order valence-corrected chi connectivity index (χ4v) is 2.25. The molecule has 0 bridgehead atoms. The Labute approximate surface area is 117 Å². The molecular weight excluding hydrogens is 238 g/mol. The van der Waals surface area contributed by atoms with Gasteiger partial charge in [0.2, 0.25) is 0 Å². The van der Waals surface area contributed by atoms with Gasteiger partial charge in [0.1, 0.15) is 5.75 Å². The van der Waals surface area contributed by atoms with E-state index in [4.69, 9.17) is 15.2 Å². The summed E-state index contributed by atoms with van der Waals surface area (Å²) in [6.45, 7) is 10.4. The maximum absolute atomic E-state index is 6.32. The lowest BCUT2D eigenvalue weighted by molar-refractivity contribution is -0.00244. The Kier molecular flexibility index (Phi) is 5.39. The van der Waals surface area contributed by atoms with E-state index in [2.05, 4.69) is 20.8 Å². The van der Waals surface area contributed by atoms with Crippen LogP contribution in [0.1, 0.15) is 46.2 Å². The second-order valence-corrected chi connectivity index (χ2v) is 6.28. The van der Waals surface area contributed by atoms with Gasteiger partial charge < -0.3 is 15.2 Å². The van der Waals surface area contributed by atoms with E-state index in [1.54, 1.807) is 7.11 Å². The number of hydrogen-bond donors (Lipinski definition) is 1. The first-order valence-electron chi connectivity index (χ1n) is 6.80. The molecule has 0 aromatic heterocycles. The summed E-state index contributed by atoms with van der Waals surface area (Å²) in [5.41, 5.74) is 7.39. The molecule has 108 valence electrons. The van der Waals surface area contributed by atoms with Crippen molar-refractivity contribution in [3.8, 4) is 5.75 Å². The van der Waals surface area contributed by atoms with E-state index in [1.807, 2.05) is 38.1 Å². The Balaban J connectivity index is 2.85. The molecule has 0 heterocycles. The van der Waals surface area contributed by atoms with E-state index >= 15 is 0 Å². The first-order chi connectivity index (χ1) is 8.75. The van der Waals surface area contributed by atoms with E-state index in [1.165, 1.54) is 0 Å². The number of hydrogen-bond acceptors (Lipinski definition) is 3. The lowest BCUT2D eigenvalue weighted by atomic mass is 9.82. The average Bonchev–Trinajstić information content (AvgIpc) is 2.28. The maximum atomic E-state index is 6.32. The third-order valence-corrected chi connectivity index (χ3v) is 3.07. The molecule has 0 aliphatic carbocycles. The van der Waals surface area contributed by atoms with Gasteiger partial charge in [0.05, 0.1) is 18.2 Å². The highest BCUT2D eigenvalue weighted by molar-refractivity contribution is 5.30. The van der Waals surface area contributed by atoms with Crippen molar-refractivity contribution in [2.75, 3.05) is 7.11 Å². The molecule has 3 heteroatoms. The van der Waals surface area contributed by atoms with Gasteiger partial charge in [0, 0.05) is 7.11 Å². The SMILES string of the molecule is COC(C(N)c1ccc(OC(C)C)cc1)C(C)(C)C. The zero-order valence-electron chi connectivity index (χ0n) is 12.9. The van der Waals surface area contributed by atoms with Gasteiger partial charge in [0.25, 0.3) is 0 Å². The van der Waals surface area contributed by atoms with Gasteiger partial charge in [-0.05, 0) is 37.0 Å². The second kappa shape index (κ2) is 6.40. The molecular formula is C16H27NO2. The van der Waals surface area contributed by atoms with Gasteiger partial charge in [-0.1, -0.05) is 32.9 Å². The van der Waals surface area contributed by atoms with Crippen molar-refractivity contribution < 1.29 is 9.47 Å². The smallest absolute Gasteiger partial charge is 0.119 e. The minimum Gasteiger partial charge on any atom is -0.491 e. The molecule has 0 saturated heterocycles. The van der Waals surface area contributed by atoms with Crippen molar-refractivity contribution in [2.45, 2.75) is 52.9 Å². The van der Waals surface area contributed by atoms with Gasteiger partial charge in [-0.2, -0.15) is 0 Å². The van der Waals surface area contributed by atoms with Crippen LogP contribution in [0, 0.1) is 5.41 Å². The van der Waals surface area contributed by atoms with Crippen molar-refractivity contribution in [3.05, 3.63) is 29.8 Å². The largest absolute Gasteiger partial charge is 0.491 e. The average molecular weight is 265 g/mol. The van der Waals surface area contributed by atoms with E-state index in [-0.39, 0.29) is 23.7 Å². The van der Waals surface area contributed by atoms with Gasteiger partial charge in [-0.15, -0.1) is 0 Å². The van der Waals surface area contributed by atoms with Gasteiger partial charge in [-0.25, -0.2) is 0 Å².